The quantitative estimate of drug-likeness (QED) is 0.403. The monoisotopic (exact) mass is 112 g/mol. The standard InChI is InChI=1S/C4H6O2.CH3B/c1-2-3-4(5)6;1-2/h2-3H,1H3,(H,5,6);1H3. The van der Waals surface area contributed by atoms with Crippen LogP contribution in [-0.2, 0) is 4.79 Å². The predicted octanol–water partition coefficient (Wildman–Crippen LogP) is 0.850. The van der Waals surface area contributed by atoms with Crippen molar-refractivity contribution in [3.05, 3.63) is 12.2 Å². The number of aliphatic carboxylic acids is 1. The van der Waals surface area contributed by atoms with Crippen LogP contribution in [0.1, 0.15) is 6.92 Å². The van der Waals surface area contributed by atoms with Crippen LogP contribution in [0.3, 0.4) is 0 Å². The minimum atomic E-state index is -0.891. The Kier molecular flexibility index (Phi) is 12.3. The Bertz CT molecular complexity index is 78.5. The van der Waals surface area contributed by atoms with Gasteiger partial charge in [0.1, 0.15) is 0 Å². The number of carboxylic acid groups (broad SMARTS) is 1. The van der Waals surface area contributed by atoms with Gasteiger partial charge in [-0.3, -0.25) is 0 Å². The van der Waals surface area contributed by atoms with Crippen LogP contribution in [0, 0.1) is 0 Å². The molecule has 0 aliphatic carbocycles. The van der Waals surface area contributed by atoms with Crippen LogP contribution < -0.4 is 0 Å². The Hall–Kier alpha value is -0.725. The van der Waals surface area contributed by atoms with Crippen molar-refractivity contribution < 1.29 is 9.90 Å². The van der Waals surface area contributed by atoms with Crippen LogP contribution in [0.2, 0.25) is 6.82 Å². The van der Waals surface area contributed by atoms with Crippen LogP contribution in [0.4, 0.5) is 0 Å². The third-order valence-electron chi connectivity index (χ3n) is 0.309. The molecule has 44 valence electrons. The highest BCUT2D eigenvalue weighted by molar-refractivity contribution is 6.05. The molecule has 0 saturated carbocycles. The summed E-state index contributed by atoms with van der Waals surface area (Å²) in [5.74, 6) is -0.891. The fraction of sp³-hybridized carbons (Fsp3) is 0.400. The van der Waals surface area contributed by atoms with E-state index in [1.165, 1.54) is 12.9 Å². The second kappa shape index (κ2) is 9.55. The highest BCUT2D eigenvalue weighted by Crippen LogP contribution is 1.65. The molecule has 1 N–H and O–H groups in total. The maximum absolute atomic E-state index is 9.51. The molecule has 0 aromatic heterocycles. The minimum absolute atomic E-state index is 0.891. The average molecular weight is 112 g/mol. The van der Waals surface area contributed by atoms with Crippen LogP contribution in [0.15, 0.2) is 12.2 Å². The van der Waals surface area contributed by atoms with Crippen molar-refractivity contribution in [3.8, 4) is 0 Å². The van der Waals surface area contributed by atoms with Crippen molar-refractivity contribution in [3.63, 3.8) is 0 Å². The third-order valence-corrected chi connectivity index (χ3v) is 0.309. The van der Waals surface area contributed by atoms with Gasteiger partial charge in [-0.05, 0) is 6.92 Å². The molecule has 0 rings (SSSR count). The predicted molar refractivity (Wildman–Crippen MR) is 34.1 cm³/mol. The second-order valence-corrected chi connectivity index (χ2v) is 0.838. The normalized spacial score (nSPS) is 7.75. The second-order valence-electron chi connectivity index (χ2n) is 0.838. The van der Waals surface area contributed by atoms with Gasteiger partial charge in [-0.2, -0.15) is 0 Å². The van der Waals surface area contributed by atoms with Crippen LogP contribution in [-0.4, -0.2) is 18.9 Å². The van der Waals surface area contributed by atoms with Crippen molar-refractivity contribution in [1.82, 2.24) is 0 Å². The molecule has 0 aromatic carbocycles. The molecule has 0 bridgehead atoms. The summed E-state index contributed by atoms with van der Waals surface area (Å²) in [6.07, 6.45) is 2.56. The molecule has 0 fully saturated rings. The molecule has 0 saturated heterocycles. The van der Waals surface area contributed by atoms with Gasteiger partial charge < -0.3 is 5.11 Å². The molecular formula is C5H9BO2. The van der Waals surface area contributed by atoms with E-state index in [-0.39, 0.29) is 0 Å². The van der Waals surface area contributed by atoms with Gasteiger partial charge in [0.2, 0.25) is 0 Å². The number of hydrogen-bond acceptors (Lipinski definition) is 1. The van der Waals surface area contributed by atoms with Crippen molar-refractivity contribution >= 4 is 13.8 Å². The van der Waals surface area contributed by atoms with Gasteiger partial charge in [0.05, 0.1) is 7.85 Å². The summed E-state index contributed by atoms with van der Waals surface area (Å²) in [4.78, 5) is 9.51. The summed E-state index contributed by atoms with van der Waals surface area (Å²) in [6.45, 7) is 3.16. The smallest absolute Gasteiger partial charge is 0.327 e. The van der Waals surface area contributed by atoms with E-state index in [1.54, 1.807) is 6.92 Å². The Morgan fingerprint density at radius 1 is 1.62 bits per heavy atom. The summed E-state index contributed by atoms with van der Waals surface area (Å²) in [5, 5.41) is 7.83. The van der Waals surface area contributed by atoms with Gasteiger partial charge in [-0.15, -0.1) is 0 Å². The van der Waals surface area contributed by atoms with Gasteiger partial charge in [0.15, 0.2) is 0 Å². The van der Waals surface area contributed by atoms with E-state index in [0.717, 1.165) is 6.08 Å². The van der Waals surface area contributed by atoms with E-state index in [4.69, 9.17) is 5.11 Å². The Morgan fingerprint density at radius 2 is 2.00 bits per heavy atom. The average Bonchev–Trinajstić information content (AvgIpc) is 1.72. The third kappa shape index (κ3) is 18.6. The number of carboxylic acids is 1. The Morgan fingerprint density at radius 3 is 2.00 bits per heavy atom. The number of hydrogen-bond donors (Lipinski definition) is 1. The number of allylic oxidation sites excluding steroid dienone is 1. The lowest BCUT2D eigenvalue weighted by molar-refractivity contribution is -0.131. The summed E-state index contributed by atoms with van der Waals surface area (Å²) in [5.41, 5.74) is 0. The molecule has 3 heteroatoms. The maximum atomic E-state index is 9.51. The van der Waals surface area contributed by atoms with E-state index in [9.17, 15) is 4.79 Å². The van der Waals surface area contributed by atoms with Crippen LogP contribution in [0.5, 0.6) is 0 Å². The lowest BCUT2D eigenvalue weighted by Gasteiger charge is -1.68. The van der Waals surface area contributed by atoms with E-state index >= 15 is 0 Å². The molecule has 0 heterocycles. The molecule has 0 aliphatic heterocycles. The summed E-state index contributed by atoms with van der Waals surface area (Å²) >= 11 is 0. The summed E-state index contributed by atoms with van der Waals surface area (Å²) in [6, 6.07) is 0. The maximum Gasteiger partial charge on any atom is 0.327 e. The van der Waals surface area contributed by atoms with Crippen molar-refractivity contribution in [2.24, 2.45) is 0 Å². The zero-order chi connectivity index (χ0) is 6.99. The first kappa shape index (κ1) is 10.3. The summed E-state index contributed by atoms with van der Waals surface area (Å²) < 4.78 is 0. The van der Waals surface area contributed by atoms with E-state index in [2.05, 4.69) is 7.85 Å². The van der Waals surface area contributed by atoms with Crippen molar-refractivity contribution in [2.45, 2.75) is 13.7 Å². The fourth-order valence-electron chi connectivity index (χ4n) is 0.143. The molecule has 0 aromatic rings. The topological polar surface area (TPSA) is 37.3 Å². The van der Waals surface area contributed by atoms with Gasteiger partial charge in [-0.1, -0.05) is 12.9 Å². The molecule has 8 heavy (non-hydrogen) atoms. The van der Waals surface area contributed by atoms with Crippen LogP contribution in [0.25, 0.3) is 0 Å². The molecule has 0 atom stereocenters. The largest absolute Gasteiger partial charge is 0.478 e. The zero-order valence-electron chi connectivity index (χ0n) is 5.09. The van der Waals surface area contributed by atoms with Gasteiger partial charge in [0, 0.05) is 6.08 Å². The Balaban J connectivity index is 0. The van der Waals surface area contributed by atoms with E-state index < -0.39 is 5.97 Å². The van der Waals surface area contributed by atoms with Gasteiger partial charge in [-0.25, -0.2) is 4.79 Å². The first-order chi connectivity index (χ1) is 3.77. The van der Waals surface area contributed by atoms with E-state index in [0.29, 0.717) is 0 Å². The van der Waals surface area contributed by atoms with Gasteiger partial charge in [0.25, 0.3) is 0 Å². The fourth-order valence-corrected chi connectivity index (χ4v) is 0.143. The first-order valence-electron chi connectivity index (χ1n) is 2.20. The SMILES string of the molecule is CC=CC(=O)O.[B]C. The van der Waals surface area contributed by atoms with Crippen molar-refractivity contribution in [1.29, 1.82) is 0 Å². The molecule has 0 spiro atoms. The minimum Gasteiger partial charge on any atom is -0.478 e. The molecule has 0 amide bonds. The molecule has 0 unspecified atom stereocenters. The number of rotatable bonds is 1. The molecule has 0 aliphatic rings. The highest BCUT2D eigenvalue weighted by Gasteiger charge is 1.76. The molecular weight excluding hydrogens is 103 g/mol. The highest BCUT2D eigenvalue weighted by atomic mass is 16.4. The Labute approximate surface area is 50.6 Å². The first-order valence-corrected chi connectivity index (χ1v) is 2.20. The number of carbonyl (C=O) groups is 1. The molecule has 2 radical (unpaired) electrons. The van der Waals surface area contributed by atoms with Crippen molar-refractivity contribution in [2.75, 3.05) is 0 Å². The van der Waals surface area contributed by atoms with Crippen LogP contribution >= 0.6 is 0 Å². The summed E-state index contributed by atoms with van der Waals surface area (Å²) in [7, 11) is 4.50. The van der Waals surface area contributed by atoms with Gasteiger partial charge >= 0.3 is 5.97 Å². The lowest BCUT2D eigenvalue weighted by atomic mass is 10.2. The zero-order valence-corrected chi connectivity index (χ0v) is 5.09. The molecule has 2 nitrogen and oxygen atoms in total. The van der Waals surface area contributed by atoms with E-state index in [1.807, 2.05) is 0 Å². The lowest BCUT2D eigenvalue weighted by Crippen LogP contribution is -1.83.